The van der Waals surface area contributed by atoms with Gasteiger partial charge in [-0.1, -0.05) is 12.1 Å². The van der Waals surface area contributed by atoms with Gasteiger partial charge in [0.15, 0.2) is 0 Å². The second kappa shape index (κ2) is 4.20. The first-order chi connectivity index (χ1) is 7.65. The zero-order valence-electron chi connectivity index (χ0n) is 8.27. The van der Waals surface area contributed by atoms with E-state index in [-0.39, 0.29) is 11.4 Å². The fourth-order valence-corrected chi connectivity index (χ4v) is 2.03. The molecule has 5 nitrogen and oxygen atoms in total. The molecule has 0 fully saturated rings. The number of methoxy groups -OCH3 is 1. The highest BCUT2D eigenvalue weighted by atomic mass is 127. The standard InChI is InChI=1S/C10H7IN2O3/c1-16-9-7-5(8(11)12-13-9)3-2-4-6(7)10(14)15/h2-4H,1H3,(H,14,15). The molecule has 1 N–H and O–H groups in total. The maximum Gasteiger partial charge on any atom is 0.336 e. The zero-order chi connectivity index (χ0) is 11.7. The lowest BCUT2D eigenvalue weighted by Crippen LogP contribution is -2.02. The first-order valence-corrected chi connectivity index (χ1v) is 5.45. The summed E-state index contributed by atoms with van der Waals surface area (Å²) in [6, 6.07) is 4.99. The Morgan fingerprint density at radius 3 is 2.81 bits per heavy atom. The molecule has 0 radical (unpaired) electrons. The number of hydrogen-bond acceptors (Lipinski definition) is 4. The van der Waals surface area contributed by atoms with E-state index < -0.39 is 5.97 Å². The molecule has 2 rings (SSSR count). The van der Waals surface area contributed by atoms with Gasteiger partial charge in [-0.05, 0) is 28.7 Å². The van der Waals surface area contributed by atoms with Gasteiger partial charge in [-0.25, -0.2) is 4.79 Å². The molecule has 1 aromatic heterocycles. The molecule has 0 spiro atoms. The van der Waals surface area contributed by atoms with Crippen LogP contribution in [0.2, 0.25) is 0 Å². The summed E-state index contributed by atoms with van der Waals surface area (Å²) in [4.78, 5) is 11.1. The van der Waals surface area contributed by atoms with Gasteiger partial charge in [-0.3, -0.25) is 0 Å². The Morgan fingerprint density at radius 1 is 1.44 bits per heavy atom. The van der Waals surface area contributed by atoms with E-state index in [4.69, 9.17) is 9.84 Å². The second-order valence-corrected chi connectivity index (χ2v) is 4.06. The lowest BCUT2D eigenvalue weighted by Gasteiger charge is -2.07. The topological polar surface area (TPSA) is 72.3 Å². The van der Waals surface area contributed by atoms with Crippen molar-refractivity contribution in [3.05, 3.63) is 27.5 Å². The van der Waals surface area contributed by atoms with Crippen LogP contribution < -0.4 is 4.74 Å². The number of aromatic nitrogens is 2. The molecule has 82 valence electrons. The third-order valence-corrected chi connectivity index (χ3v) is 2.95. The highest BCUT2D eigenvalue weighted by Gasteiger charge is 2.15. The van der Waals surface area contributed by atoms with E-state index in [1.165, 1.54) is 13.2 Å². The van der Waals surface area contributed by atoms with Gasteiger partial charge < -0.3 is 9.84 Å². The number of aromatic carboxylic acids is 1. The molecule has 16 heavy (non-hydrogen) atoms. The molecular formula is C10H7IN2O3. The third-order valence-electron chi connectivity index (χ3n) is 2.15. The first kappa shape index (κ1) is 11.1. The normalized spacial score (nSPS) is 10.4. The second-order valence-electron chi connectivity index (χ2n) is 3.03. The molecule has 1 aromatic carbocycles. The SMILES string of the molecule is COc1nnc(I)c2cccc(C(=O)O)c12. The summed E-state index contributed by atoms with van der Waals surface area (Å²) in [5.41, 5.74) is 0.169. The van der Waals surface area contributed by atoms with Crippen LogP contribution in [0.15, 0.2) is 18.2 Å². The highest BCUT2D eigenvalue weighted by Crippen LogP contribution is 2.28. The van der Waals surface area contributed by atoms with Crippen LogP contribution in [0, 0.1) is 3.70 Å². The number of fused-ring (bicyclic) bond motifs is 1. The number of ether oxygens (including phenoxy) is 1. The van der Waals surface area contributed by atoms with Gasteiger partial charge in [-0.2, -0.15) is 0 Å². The fourth-order valence-electron chi connectivity index (χ4n) is 1.47. The summed E-state index contributed by atoms with van der Waals surface area (Å²) in [7, 11) is 1.44. The maximum absolute atomic E-state index is 11.1. The number of carboxylic acids is 1. The number of rotatable bonds is 2. The van der Waals surface area contributed by atoms with E-state index in [2.05, 4.69) is 10.2 Å². The van der Waals surface area contributed by atoms with Crippen molar-refractivity contribution in [2.75, 3.05) is 7.11 Å². The van der Waals surface area contributed by atoms with Crippen molar-refractivity contribution in [3.63, 3.8) is 0 Å². The van der Waals surface area contributed by atoms with Gasteiger partial charge in [0.25, 0.3) is 0 Å². The van der Waals surface area contributed by atoms with Crippen molar-refractivity contribution in [2.45, 2.75) is 0 Å². The average molecular weight is 330 g/mol. The van der Waals surface area contributed by atoms with Crippen LogP contribution in [0.5, 0.6) is 5.88 Å². The molecular weight excluding hydrogens is 323 g/mol. The summed E-state index contributed by atoms with van der Waals surface area (Å²) in [6.07, 6.45) is 0. The lowest BCUT2D eigenvalue weighted by atomic mass is 10.1. The largest absolute Gasteiger partial charge is 0.479 e. The van der Waals surface area contributed by atoms with E-state index in [0.29, 0.717) is 9.09 Å². The van der Waals surface area contributed by atoms with E-state index in [1.807, 2.05) is 22.6 Å². The Labute approximate surface area is 105 Å². The smallest absolute Gasteiger partial charge is 0.336 e. The summed E-state index contributed by atoms with van der Waals surface area (Å²) in [6.45, 7) is 0. The lowest BCUT2D eigenvalue weighted by molar-refractivity contribution is 0.0698. The first-order valence-electron chi connectivity index (χ1n) is 4.37. The molecule has 0 saturated carbocycles. The number of hydrogen-bond donors (Lipinski definition) is 1. The van der Waals surface area contributed by atoms with Gasteiger partial charge in [0.2, 0.25) is 5.88 Å². The Kier molecular flexibility index (Phi) is 2.90. The minimum absolute atomic E-state index is 0.169. The Morgan fingerprint density at radius 2 is 2.19 bits per heavy atom. The molecule has 1 heterocycles. The Bertz CT molecular complexity index is 571. The van der Waals surface area contributed by atoms with Gasteiger partial charge in [0, 0.05) is 5.39 Å². The Hall–Kier alpha value is -1.44. The van der Waals surface area contributed by atoms with Crippen molar-refractivity contribution in [2.24, 2.45) is 0 Å². The van der Waals surface area contributed by atoms with Crippen LogP contribution in [-0.4, -0.2) is 28.4 Å². The van der Waals surface area contributed by atoms with Crippen LogP contribution >= 0.6 is 22.6 Å². The molecule has 0 saturated heterocycles. The van der Waals surface area contributed by atoms with Crippen LogP contribution in [0.4, 0.5) is 0 Å². The Balaban J connectivity index is 2.93. The van der Waals surface area contributed by atoms with E-state index in [9.17, 15) is 4.79 Å². The zero-order valence-corrected chi connectivity index (χ0v) is 10.4. The van der Waals surface area contributed by atoms with Crippen LogP contribution in [0.25, 0.3) is 10.8 Å². The average Bonchev–Trinajstić information content (AvgIpc) is 2.29. The molecule has 0 aliphatic carbocycles. The molecule has 0 aliphatic rings. The highest BCUT2D eigenvalue weighted by molar-refractivity contribution is 14.1. The molecule has 6 heteroatoms. The number of halogens is 1. The molecule has 0 bridgehead atoms. The summed E-state index contributed by atoms with van der Waals surface area (Å²) in [5.74, 6) is -0.777. The van der Waals surface area contributed by atoms with Crippen molar-refractivity contribution in [3.8, 4) is 5.88 Å². The molecule has 2 aromatic rings. The quantitative estimate of drug-likeness (QED) is 0.852. The van der Waals surface area contributed by atoms with Crippen molar-refractivity contribution in [1.82, 2.24) is 10.2 Å². The van der Waals surface area contributed by atoms with Crippen molar-refractivity contribution < 1.29 is 14.6 Å². The van der Waals surface area contributed by atoms with Gasteiger partial charge in [0.1, 0.15) is 3.70 Å². The molecule has 0 amide bonds. The van der Waals surface area contributed by atoms with Crippen LogP contribution in [0.3, 0.4) is 0 Å². The van der Waals surface area contributed by atoms with Gasteiger partial charge in [0.05, 0.1) is 18.1 Å². The van der Waals surface area contributed by atoms with Gasteiger partial charge in [-0.15, -0.1) is 10.2 Å². The summed E-state index contributed by atoms with van der Waals surface area (Å²) in [5, 5.41) is 18.0. The van der Waals surface area contributed by atoms with Gasteiger partial charge >= 0.3 is 5.97 Å². The minimum Gasteiger partial charge on any atom is -0.479 e. The van der Waals surface area contributed by atoms with Crippen molar-refractivity contribution in [1.29, 1.82) is 0 Å². The number of benzene rings is 1. The van der Waals surface area contributed by atoms with Crippen molar-refractivity contribution >= 4 is 39.3 Å². The molecule has 0 atom stereocenters. The number of nitrogens with zero attached hydrogens (tertiary/aromatic N) is 2. The fraction of sp³-hybridized carbons (Fsp3) is 0.100. The van der Waals surface area contributed by atoms with Crippen LogP contribution in [0.1, 0.15) is 10.4 Å². The van der Waals surface area contributed by atoms with E-state index >= 15 is 0 Å². The molecule has 0 aliphatic heterocycles. The summed E-state index contributed by atoms with van der Waals surface area (Å²) < 4.78 is 5.68. The maximum atomic E-state index is 11.1. The summed E-state index contributed by atoms with van der Waals surface area (Å²) >= 11 is 2.01. The monoisotopic (exact) mass is 330 g/mol. The van der Waals surface area contributed by atoms with E-state index in [0.717, 1.165) is 5.39 Å². The molecule has 0 unspecified atom stereocenters. The predicted molar refractivity (Wildman–Crippen MR) is 65.8 cm³/mol. The minimum atomic E-state index is -1.01. The third kappa shape index (κ3) is 1.69. The van der Waals surface area contributed by atoms with E-state index in [1.54, 1.807) is 12.1 Å². The predicted octanol–water partition coefficient (Wildman–Crippen LogP) is 1.94. The number of carboxylic acid groups (broad SMARTS) is 1. The van der Waals surface area contributed by atoms with Crippen LogP contribution in [-0.2, 0) is 0 Å². The number of carbonyl (C=O) groups is 1.